The summed E-state index contributed by atoms with van der Waals surface area (Å²) < 4.78 is 28.9. The Hall–Kier alpha value is -2.08. The quantitative estimate of drug-likeness (QED) is 0.806. The molecule has 0 aliphatic heterocycles. The van der Waals surface area contributed by atoms with Gasteiger partial charge in [0.1, 0.15) is 11.1 Å². The second-order valence-electron chi connectivity index (χ2n) is 5.70. The van der Waals surface area contributed by atoms with E-state index >= 15 is 0 Å². The number of aromatic nitrogens is 2. The fraction of sp³-hybridized carbons (Fsp3) is 0.643. The topological polar surface area (TPSA) is 114 Å². The first-order valence-electron chi connectivity index (χ1n) is 7.49. The Labute approximate surface area is 135 Å². The molecule has 1 aromatic rings. The van der Waals surface area contributed by atoms with Gasteiger partial charge in [0.25, 0.3) is 11.8 Å². The molecular weight excluding hydrogens is 320 g/mol. The number of carbonyl (C=O) groups is 1. The maximum absolute atomic E-state index is 12.5. The summed E-state index contributed by atoms with van der Waals surface area (Å²) in [6.45, 7) is 2.26. The number of aryl methyl sites for hydroxylation is 1. The van der Waals surface area contributed by atoms with Gasteiger partial charge in [-0.3, -0.25) is 9.48 Å². The highest BCUT2D eigenvalue weighted by Crippen LogP contribution is 2.28. The molecule has 0 unspecified atom stereocenters. The van der Waals surface area contributed by atoms with Crippen LogP contribution in [0, 0.1) is 11.3 Å². The van der Waals surface area contributed by atoms with E-state index in [0.29, 0.717) is 19.4 Å². The van der Waals surface area contributed by atoms with Crippen molar-refractivity contribution < 1.29 is 17.4 Å². The van der Waals surface area contributed by atoms with Crippen LogP contribution in [0.5, 0.6) is 5.88 Å². The number of hydrogen-bond donors (Lipinski definition) is 1. The lowest BCUT2D eigenvalue weighted by molar-refractivity contribution is 0.0901. The van der Waals surface area contributed by atoms with E-state index in [1.165, 1.54) is 10.9 Å². The average Bonchev–Trinajstić information content (AvgIpc) is 2.89. The molecule has 1 aliphatic rings. The summed E-state index contributed by atoms with van der Waals surface area (Å²) >= 11 is 0. The van der Waals surface area contributed by atoms with Crippen molar-refractivity contribution in [1.82, 2.24) is 15.1 Å². The van der Waals surface area contributed by atoms with Crippen LogP contribution in [0.25, 0.3) is 0 Å². The summed E-state index contributed by atoms with van der Waals surface area (Å²) in [5.41, 5.74) is -0.899. The van der Waals surface area contributed by atoms with Gasteiger partial charge in [-0.25, -0.2) is 0 Å². The van der Waals surface area contributed by atoms with Gasteiger partial charge >= 0.3 is 10.1 Å². The molecule has 9 heteroatoms. The van der Waals surface area contributed by atoms with Crippen LogP contribution in [0.2, 0.25) is 0 Å². The molecule has 1 aromatic heterocycles. The second kappa shape index (κ2) is 6.58. The maximum atomic E-state index is 12.5. The van der Waals surface area contributed by atoms with Gasteiger partial charge in [-0.2, -0.15) is 13.7 Å². The normalized spacial score (nSPS) is 17.3. The fourth-order valence-corrected chi connectivity index (χ4v) is 3.04. The molecule has 0 saturated heterocycles. The first kappa shape index (κ1) is 17.3. The first-order chi connectivity index (χ1) is 10.8. The molecule has 0 aromatic carbocycles. The number of nitrogens with zero attached hydrogens (tertiary/aromatic N) is 3. The summed E-state index contributed by atoms with van der Waals surface area (Å²) in [5.74, 6) is -0.817. The number of carbonyl (C=O) groups excluding carboxylic acids is 1. The zero-order chi connectivity index (χ0) is 17.1. The van der Waals surface area contributed by atoms with Gasteiger partial charge in [0.15, 0.2) is 0 Å². The van der Waals surface area contributed by atoms with Crippen molar-refractivity contribution in [1.29, 1.82) is 5.26 Å². The Balaban J connectivity index is 2.27. The van der Waals surface area contributed by atoms with Gasteiger partial charge in [0.05, 0.1) is 12.3 Å². The first-order valence-corrected chi connectivity index (χ1v) is 9.31. The van der Waals surface area contributed by atoms with Crippen LogP contribution in [-0.2, 0) is 16.7 Å². The highest BCUT2D eigenvalue weighted by molar-refractivity contribution is 7.86. The van der Waals surface area contributed by atoms with E-state index < -0.39 is 21.6 Å². The van der Waals surface area contributed by atoms with Gasteiger partial charge in [-0.05, 0) is 19.8 Å². The highest BCUT2D eigenvalue weighted by Gasteiger charge is 2.35. The minimum absolute atomic E-state index is 0.0115. The van der Waals surface area contributed by atoms with Crippen molar-refractivity contribution in [2.24, 2.45) is 0 Å². The Kier molecular flexibility index (Phi) is 4.94. The van der Waals surface area contributed by atoms with Crippen LogP contribution in [-0.4, -0.2) is 35.9 Å². The Morgan fingerprint density at radius 3 is 2.65 bits per heavy atom. The minimum atomic E-state index is -3.80. The predicted molar refractivity (Wildman–Crippen MR) is 82.3 cm³/mol. The zero-order valence-electron chi connectivity index (χ0n) is 13.2. The lowest BCUT2D eigenvalue weighted by Crippen LogP contribution is -2.48. The zero-order valence-corrected chi connectivity index (χ0v) is 14.0. The number of amides is 1. The summed E-state index contributed by atoms with van der Waals surface area (Å²) in [6.07, 6.45) is 6.25. The fourth-order valence-electron chi connectivity index (χ4n) is 2.63. The molecule has 1 fully saturated rings. The van der Waals surface area contributed by atoms with Crippen molar-refractivity contribution in [2.75, 3.05) is 6.26 Å². The minimum Gasteiger partial charge on any atom is -0.359 e. The molecule has 0 bridgehead atoms. The molecule has 2 rings (SSSR count). The molecule has 126 valence electrons. The standard InChI is InChI=1S/C14H20N4O4S/c1-3-18-9-11(13(17-18)22-23(2,20)21)12(19)16-14(10-15)7-5-4-6-8-14/h9H,3-8H2,1-2H3,(H,16,19). The number of rotatable bonds is 5. The van der Waals surface area contributed by atoms with Crippen molar-refractivity contribution >= 4 is 16.0 Å². The van der Waals surface area contributed by atoms with E-state index in [1.807, 2.05) is 0 Å². The lowest BCUT2D eigenvalue weighted by Gasteiger charge is -2.31. The number of nitrogens with one attached hydrogen (secondary N) is 1. The average molecular weight is 340 g/mol. The van der Waals surface area contributed by atoms with E-state index in [9.17, 15) is 18.5 Å². The van der Waals surface area contributed by atoms with Gasteiger partial charge in [-0.15, -0.1) is 5.10 Å². The van der Waals surface area contributed by atoms with Crippen LogP contribution >= 0.6 is 0 Å². The van der Waals surface area contributed by atoms with E-state index in [4.69, 9.17) is 4.18 Å². The molecular formula is C14H20N4O4S. The second-order valence-corrected chi connectivity index (χ2v) is 7.27. The molecule has 0 atom stereocenters. The number of nitriles is 1. The third kappa shape index (κ3) is 4.22. The van der Waals surface area contributed by atoms with Crippen LogP contribution in [0.4, 0.5) is 0 Å². The van der Waals surface area contributed by atoms with Crippen LogP contribution in [0.3, 0.4) is 0 Å². The Morgan fingerprint density at radius 1 is 1.48 bits per heavy atom. The molecule has 1 saturated carbocycles. The summed E-state index contributed by atoms with van der Waals surface area (Å²) in [6, 6.07) is 2.19. The van der Waals surface area contributed by atoms with Crippen LogP contribution < -0.4 is 9.50 Å². The molecule has 23 heavy (non-hydrogen) atoms. The smallest absolute Gasteiger partial charge is 0.307 e. The van der Waals surface area contributed by atoms with Gasteiger partial charge in [-0.1, -0.05) is 19.3 Å². The Morgan fingerprint density at radius 2 is 2.13 bits per heavy atom. The van der Waals surface area contributed by atoms with Crippen molar-refractivity contribution in [3.8, 4) is 11.9 Å². The van der Waals surface area contributed by atoms with Crippen molar-refractivity contribution in [3.63, 3.8) is 0 Å². The molecule has 8 nitrogen and oxygen atoms in total. The van der Waals surface area contributed by atoms with Crippen molar-refractivity contribution in [3.05, 3.63) is 11.8 Å². The monoisotopic (exact) mass is 340 g/mol. The third-order valence-electron chi connectivity index (χ3n) is 3.80. The van der Waals surface area contributed by atoms with Crippen LogP contribution in [0.1, 0.15) is 49.4 Å². The molecule has 1 heterocycles. The number of hydrogen-bond acceptors (Lipinski definition) is 6. The molecule has 0 spiro atoms. The van der Waals surface area contributed by atoms with Gasteiger partial charge in [0, 0.05) is 12.7 Å². The molecule has 1 N–H and O–H groups in total. The predicted octanol–water partition coefficient (Wildman–Crippen LogP) is 1.20. The Bertz CT molecular complexity index is 726. The highest BCUT2D eigenvalue weighted by atomic mass is 32.2. The van der Waals surface area contributed by atoms with Gasteiger partial charge in [0.2, 0.25) is 0 Å². The molecule has 0 radical (unpaired) electrons. The lowest BCUT2D eigenvalue weighted by atomic mass is 9.82. The van der Waals surface area contributed by atoms with E-state index in [-0.39, 0.29) is 11.4 Å². The van der Waals surface area contributed by atoms with E-state index in [0.717, 1.165) is 25.5 Å². The maximum Gasteiger partial charge on any atom is 0.307 e. The SMILES string of the molecule is CCn1cc(C(=O)NC2(C#N)CCCCC2)c(OS(C)(=O)=O)n1. The summed E-state index contributed by atoms with van der Waals surface area (Å²) in [5, 5.41) is 16.1. The summed E-state index contributed by atoms with van der Waals surface area (Å²) in [7, 11) is -3.80. The third-order valence-corrected chi connectivity index (χ3v) is 4.26. The largest absolute Gasteiger partial charge is 0.359 e. The van der Waals surface area contributed by atoms with E-state index in [2.05, 4.69) is 16.5 Å². The van der Waals surface area contributed by atoms with Crippen molar-refractivity contribution in [2.45, 2.75) is 51.1 Å². The van der Waals surface area contributed by atoms with E-state index in [1.54, 1.807) is 6.92 Å². The van der Waals surface area contributed by atoms with Crippen LogP contribution in [0.15, 0.2) is 6.20 Å². The molecule has 1 amide bonds. The van der Waals surface area contributed by atoms with Gasteiger partial charge < -0.3 is 9.50 Å². The summed E-state index contributed by atoms with van der Waals surface area (Å²) in [4.78, 5) is 12.5. The molecule has 1 aliphatic carbocycles.